The maximum absolute atomic E-state index is 12.4. The van der Waals surface area contributed by atoms with Crippen LogP contribution < -0.4 is 0 Å². The standard InChI is InChI=1S/C15H21NO4/c1-8-6-11-12(7-8)14(18)16(13(11)17)10-4-2-9(3-5-10)15(19)20/h8-12H,2-7H2,1H3,(H,19,20). The molecular weight excluding hydrogens is 258 g/mol. The largest absolute Gasteiger partial charge is 0.481 e. The van der Waals surface area contributed by atoms with Crippen molar-refractivity contribution in [3.8, 4) is 0 Å². The third kappa shape index (κ3) is 2.03. The predicted octanol–water partition coefficient (Wildman–Crippen LogP) is 1.66. The molecule has 1 heterocycles. The zero-order valence-corrected chi connectivity index (χ0v) is 11.7. The van der Waals surface area contributed by atoms with Gasteiger partial charge in [0.2, 0.25) is 11.8 Å². The van der Waals surface area contributed by atoms with Gasteiger partial charge in [0.05, 0.1) is 17.8 Å². The second-order valence-electron chi connectivity index (χ2n) is 6.68. The number of rotatable bonds is 2. The average molecular weight is 279 g/mol. The number of carbonyl (C=O) groups excluding carboxylic acids is 2. The molecule has 110 valence electrons. The molecule has 0 spiro atoms. The van der Waals surface area contributed by atoms with E-state index in [4.69, 9.17) is 5.11 Å². The second kappa shape index (κ2) is 4.86. The lowest BCUT2D eigenvalue weighted by Gasteiger charge is -2.32. The van der Waals surface area contributed by atoms with Gasteiger partial charge < -0.3 is 5.11 Å². The number of carboxylic acid groups (broad SMARTS) is 1. The third-order valence-electron chi connectivity index (χ3n) is 5.32. The van der Waals surface area contributed by atoms with Gasteiger partial charge >= 0.3 is 5.97 Å². The molecule has 2 unspecified atom stereocenters. The molecule has 0 aromatic rings. The maximum Gasteiger partial charge on any atom is 0.306 e. The van der Waals surface area contributed by atoms with Crippen LogP contribution in [0.25, 0.3) is 0 Å². The summed E-state index contributed by atoms with van der Waals surface area (Å²) in [5.41, 5.74) is 0. The van der Waals surface area contributed by atoms with Crippen LogP contribution >= 0.6 is 0 Å². The van der Waals surface area contributed by atoms with Gasteiger partial charge in [-0.05, 0) is 44.4 Å². The molecular formula is C15H21NO4. The Morgan fingerprint density at radius 2 is 1.55 bits per heavy atom. The molecule has 20 heavy (non-hydrogen) atoms. The summed E-state index contributed by atoms with van der Waals surface area (Å²) in [6, 6.07) is -0.0634. The van der Waals surface area contributed by atoms with E-state index >= 15 is 0 Å². The Labute approximate surface area is 118 Å². The van der Waals surface area contributed by atoms with Crippen molar-refractivity contribution in [1.82, 2.24) is 4.90 Å². The Morgan fingerprint density at radius 3 is 2.00 bits per heavy atom. The monoisotopic (exact) mass is 279 g/mol. The highest BCUT2D eigenvalue weighted by molar-refractivity contribution is 6.05. The van der Waals surface area contributed by atoms with Crippen LogP contribution in [0.4, 0.5) is 0 Å². The quantitative estimate of drug-likeness (QED) is 0.780. The topological polar surface area (TPSA) is 74.7 Å². The van der Waals surface area contributed by atoms with Gasteiger partial charge in [0, 0.05) is 6.04 Å². The fourth-order valence-electron chi connectivity index (χ4n) is 4.24. The molecule has 1 N–H and O–H groups in total. The fourth-order valence-corrected chi connectivity index (χ4v) is 4.24. The minimum Gasteiger partial charge on any atom is -0.481 e. The van der Waals surface area contributed by atoms with E-state index in [9.17, 15) is 14.4 Å². The van der Waals surface area contributed by atoms with Crippen LogP contribution in [0.15, 0.2) is 0 Å². The summed E-state index contributed by atoms with van der Waals surface area (Å²) in [6.45, 7) is 2.10. The van der Waals surface area contributed by atoms with E-state index < -0.39 is 5.97 Å². The van der Waals surface area contributed by atoms with E-state index in [1.807, 2.05) is 0 Å². The molecule has 5 nitrogen and oxygen atoms in total. The molecule has 0 radical (unpaired) electrons. The van der Waals surface area contributed by atoms with Gasteiger partial charge in [-0.15, -0.1) is 0 Å². The summed E-state index contributed by atoms with van der Waals surface area (Å²) in [5.74, 6) is -0.801. The van der Waals surface area contributed by atoms with Crippen molar-refractivity contribution in [2.24, 2.45) is 23.7 Å². The van der Waals surface area contributed by atoms with E-state index in [0.29, 0.717) is 31.6 Å². The highest BCUT2D eigenvalue weighted by atomic mass is 16.4. The lowest BCUT2D eigenvalue weighted by molar-refractivity contribution is -0.145. The van der Waals surface area contributed by atoms with Gasteiger partial charge in [-0.3, -0.25) is 19.3 Å². The smallest absolute Gasteiger partial charge is 0.306 e. The van der Waals surface area contributed by atoms with Crippen molar-refractivity contribution < 1.29 is 19.5 Å². The first-order valence-corrected chi connectivity index (χ1v) is 7.58. The van der Waals surface area contributed by atoms with Crippen LogP contribution in [-0.4, -0.2) is 33.8 Å². The number of carbonyl (C=O) groups is 3. The molecule has 1 saturated heterocycles. The van der Waals surface area contributed by atoms with E-state index in [0.717, 1.165) is 12.8 Å². The van der Waals surface area contributed by atoms with Crippen LogP contribution in [-0.2, 0) is 14.4 Å². The molecule has 3 rings (SSSR count). The summed E-state index contributed by atoms with van der Waals surface area (Å²) >= 11 is 0. The van der Waals surface area contributed by atoms with E-state index in [1.54, 1.807) is 0 Å². The number of hydrogen-bond donors (Lipinski definition) is 1. The van der Waals surface area contributed by atoms with Crippen LogP contribution in [0.2, 0.25) is 0 Å². The van der Waals surface area contributed by atoms with Crippen molar-refractivity contribution in [1.29, 1.82) is 0 Å². The minimum absolute atomic E-state index is 0.00289. The number of aliphatic carboxylic acids is 1. The SMILES string of the molecule is CC1CC2C(=O)N(C3CCC(C(=O)O)CC3)C(=O)C2C1. The van der Waals surface area contributed by atoms with Crippen molar-refractivity contribution in [3.63, 3.8) is 0 Å². The van der Waals surface area contributed by atoms with Crippen LogP contribution in [0.5, 0.6) is 0 Å². The molecule has 3 aliphatic rings. The average Bonchev–Trinajstić information content (AvgIpc) is 2.90. The summed E-state index contributed by atoms with van der Waals surface area (Å²) < 4.78 is 0. The van der Waals surface area contributed by atoms with E-state index in [-0.39, 0.29) is 35.6 Å². The summed E-state index contributed by atoms with van der Waals surface area (Å²) in [7, 11) is 0. The number of fused-ring (bicyclic) bond motifs is 1. The zero-order chi connectivity index (χ0) is 14.4. The molecule has 1 aliphatic heterocycles. The molecule has 0 aromatic carbocycles. The highest BCUT2D eigenvalue weighted by Gasteiger charge is 2.53. The number of carboxylic acids is 1. The molecule has 0 bridgehead atoms. The van der Waals surface area contributed by atoms with Gasteiger partial charge in [0.1, 0.15) is 0 Å². The first-order valence-electron chi connectivity index (χ1n) is 7.58. The normalized spacial score (nSPS) is 41.0. The lowest BCUT2D eigenvalue weighted by Crippen LogP contribution is -2.43. The maximum atomic E-state index is 12.4. The van der Waals surface area contributed by atoms with Crippen molar-refractivity contribution in [2.75, 3.05) is 0 Å². The molecule has 0 aromatic heterocycles. The Morgan fingerprint density at radius 1 is 1.05 bits per heavy atom. The number of amides is 2. The number of hydrogen-bond acceptors (Lipinski definition) is 3. The van der Waals surface area contributed by atoms with Gasteiger partial charge in [0.15, 0.2) is 0 Å². The molecule has 5 heteroatoms. The molecule has 2 atom stereocenters. The number of likely N-dealkylation sites (tertiary alicyclic amines) is 1. The first kappa shape index (κ1) is 13.6. The summed E-state index contributed by atoms with van der Waals surface area (Å²) in [6.07, 6.45) is 4.09. The predicted molar refractivity (Wildman–Crippen MR) is 70.6 cm³/mol. The Bertz CT molecular complexity index is 429. The zero-order valence-electron chi connectivity index (χ0n) is 11.7. The Balaban J connectivity index is 1.69. The van der Waals surface area contributed by atoms with Gasteiger partial charge in [-0.2, -0.15) is 0 Å². The van der Waals surface area contributed by atoms with Crippen LogP contribution in [0.1, 0.15) is 45.4 Å². The van der Waals surface area contributed by atoms with E-state index in [1.165, 1.54) is 4.90 Å². The highest BCUT2D eigenvalue weighted by Crippen LogP contribution is 2.45. The van der Waals surface area contributed by atoms with Crippen molar-refractivity contribution in [2.45, 2.75) is 51.5 Å². The van der Waals surface area contributed by atoms with Gasteiger partial charge in [0.25, 0.3) is 0 Å². The second-order valence-corrected chi connectivity index (χ2v) is 6.68. The van der Waals surface area contributed by atoms with Gasteiger partial charge in [-0.1, -0.05) is 6.92 Å². The lowest BCUT2D eigenvalue weighted by atomic mass is 9.85. The molecule has 3 fully saturated rings. The summed E-state index contributed by atoms with van der Waals surface area (Å²) in [4.78, 5) is 37.3. The van der Waals surface area contributed by atoms with Gasteiger partial charge in [-0.25, -0.2) is 0 Å². The minimum atomic E-state index is -0.756. The van der Waals surface area contributed by atoms with Crippen LogP contribution in [0, 0.1) is 23.7 Å². The van der Waals surface area contributed by atoms with Crippen molar-refractivity contribution >= 4 is 17.8 Å². The first-order chi connectivity index (χ1) is 9.49. The fraction of sp³-hybridized carbons (Fsp3) is 0.800. The molecule has 2 amide bonds. The van der Waals surface area contributed by atoms with E-state index in [2.05, 4.69) is 6.92 Å². The summed E-state index contributed by atoms with van der Waals surface area (Å²) in [5, 5.41) is 9.01. The Kier molecular flexibility index (Phi) is 3.30. The molecule has 2 saturated carbocycles. The Hall–Kier alpha value is -1.39. The number of nitrogens with zero attached hydrogens (tertiary/aromatic N) is 1. The molecule has 2 aliphatic carbocycles. The van der Waals surface area contributed by atoms with Crippen molar-refractivity contribution in [3.05, 3.63) is 0 Å². The number of imide groups is 1. The third-order valence-corrected chi connectivity index (χ3v) is 5.32. The van der Waals surface area contributed by atoms with Crippen LogP contribution in [0.3, 0.4) is 0 Å².